The molecule has 1 heterocycles. The molecule has 3 rings (SSSR count). The molecule has 0 unspecified atom stereocenters. The van der Waals surface area contributed by atoms with Crippen molar-refractivity contribution in [3.63, 3.8) is 0 Å². The van der Waals surface area contributed by atoms with E-state index in [-0.39, 0.29) is 0 Å². The molecule has 0 aromatic heterocycles. The van der Waals surface area contributed by atoms with E-state index in [9.17, 15) is 0 Å². The second kappa shape index (κ2) is 8.46. The number of quaternary nitrogens is 1. The molecule has 5 heteroatoms. The minimum atomic E-state index is 0.593. The van der Waals surface area contributed by atoms with Gasteiger partial charge in [0, 0.05) is 11.6 Å². The van der Waals surface area contributed by atoms with E-state index < -0.39 is 0 Å². The van der Waals surface area contributed by atoms with Gasteiger partial charge in [-0.2, -0.15) is 5.26 Å². The average molecular weight is 344 g/mol. The van der Waals surface area contributed by atoms with E-state index in [1.165, 1.54) is 37.7 Å². The Balaban J connectivity index is 1.43. The van der Waals surface area contributed by atoms with Gasteiger partial charge in [-0.1, -0.05) is 31.4 Å². The average Bonchev–Trinajstić information content (AvgIpc) is 2.64. The molecule has 24 heavy (non-hydrogen) atoms. The Hall–Kier alpha value is -1.64. The Kier molecular flexibility index (Phi) is 6.06. The number of thiocarbonyl (C=S) groups is 1. The van der Waals surface area contributed by atoms with Crippen LogP contribution in [-0.4, -0.2) is 42.2 Å². The Labute approximate surface area is 150 Å². The first-order chi connectivity index (χ1) is 11.7. The van der Waals surface area contributed by atoms with Crippen LogP contribution in [0.5, 0.6) is 0 Å². The predicted octanol–water partition coefficient (Wildman–Crippen LogP) is 1.47. The summed E-state index contributed by atoms with van der Waals surface area (Å²) in [5.74, 6) is 0. The lowest BCUT2D eigenvalue weighted by atomic mass is 9.96. The minimum absolute atomic E-state index is 0.593. The van der Waals surface area contributed by atoms with Crippen molar-refractivity contribution in [3.8, 4) is 6.07 Å². The zero-order valence-corrected chi connectivity index (χ0v) is 15.1. The van der Waals surface area contributed by atoms with Gasteiger partial charge in [0.2, 0.25) is 0 Å². The number of benzene rings is 1. The van der Waals surface area contributed by atoms with Gasteiger partial charge < -0.3 is 15.1 Å². The van der Waals surface area contributed by atoms with Gasteiger partial charge in [-0.05, 0) is 37.2 Å². The molecular formula is C19H27N4S+. The maximum Gasteiger partial charge on any atom is 0.169 e. The van der Waals surface area contributed by atoms with E-state index in [1.54, 1.807) is 4.90 Å². The van der Waals surface area contributed by atoms with Crippen molar-refractivity contribution in [2.24, 2.45) is 0 Å². The van der Waals surface area contributed by atoms with Crippen molar-refractivity contribution in [3.05, 3.63) is 35.4 Å². The first-order valence-electron chi connectivity index (χ1n) is 9.12. The molecule has 1 saturated heterocycles. The molecule has 4 nitrogen and oxygen atoms in total. The summed E-state index contributed by atoms with van der Waals surface area (Å²) in [7, 11) is 0. The number of hydrogen-bond donors (Lipinski definition) is 2. The minimum Gasteiger partial charge on any atom is -0.360 e. The number of nitrogens with one attached hydrogen (secondary N) is 2. The van der Waals surface area contributed by atoms with E-state index in [0.29, 0.717) is 6.04 Å². The maximum atomic E-state index is 8.87. The van der Waals surface area contributed by atoms with Crippen LogP contribution in [0.3, 0.4) is 0 Å². The lowest BCUT2D eigenvalue weighted by Crippen LogP contribution is -3.13. The number of nitriles is 1. The number of nitrogens with zero attached hydrogens (tertiary/aromatic N) is 2. The fourth-order valence-corrected chi connectivity index (χ4v) is 4.05. The zero-order valence-electron chi connectivity index (χ0n) is 14.3. The van der Waals surface area contributed by atoms with E-state index in [1.807, 2.05) is 12.1 Å². The molecule has 0 atom stereocenters. The summed E-state index contributed by atoms with van der Waals surface area (Å²) in [6.45, 7) is 5.33. The molecule has 128 valence electrons. The van der Waals surface area contributed by atoms with Gasteiger partial charge in [-0.25, -0.2) is 0 Å². The third-order valence-electron chi connectivity index (χ3n) is 5.23. The number of rotatable bonds is 3. The van der Waals surface area contributed by atoms with Gasteiger partial charge in [-0.15, -0.1) is 0 Å². The third-order valence-corrected chi connectivity index (χ3v) is 5.60. The summed E-state index contributed by atoms with van der Waals surface area (Å²) in [5.41, 5.74) is 2.04. The molecule has 0 bridgehead atoms. The Morgan fingerprint density at radius 2 is 1.83 bits per heavy atom. The standard InChI is InChI=1S/C19H26N4S/c20-14-16-6-8-17(9-7-16)15-22-10-12-23(13-11-22)19(24)21-18-4-2-1-3-5-18/h6-9,18H,1-5,10-13,15H2,(H,21,24)/p+1. The molecule has 1 aromatic carbocycles. The molecule has 2 aliphatic rings. The first-order valence-corrected chi connectivity index (χ1v) is 9.53. The normalized spacial score (nSPS) is 19.7. The Morgan fingerprint density at radius 1 is 1.17 bits per heavy atom. The topological polar surface area (TPSA) is 43.5 Å². The largest absolute Gasteiger partial charge is 0.360 e. The Morgan fingerprint density at radius 3 is 2.46 bits per heavy atom. The van der Waals surface area contributed by atoms with E-state index >= 15 is 0 Å². The van der Waals surface area contributed by atoms with Crippen LogP contribution in [-0.2, 0) is 6.54 Å². The number of piperazine rings is 1. The molecule has 2 N–H and O–H groups in total. The van der Waals surface area contributed by atoms with Crippen LogP contribution in [0, 0.1) is 11.3 Å². The van der Waals surface area contributed by atoms with E-state index in [4.69, 9.17) is 17.5 Å². The molecule has 1 saturated carbocycles. The van der Waals surface area contributed by atoms with Crippen molar-refractivity contribution in [1.82, 2.24) is 10.2 Å². The summed E-state index contributed by atoms with van der Waals surface area (Å²) in [4.78, 5) is 3.93. The number of hydrogen-bond acceptors (Lipinski definition) is 2. The fraction of sp³-hybridized carbons (Fsp3) is 0.579. The van der Waals surface area contributed by atoms with Crippen molar-refractivity contribution in [2.45, 2.75) is 44.7 Å². The molecule has 1 aliphatic carbocycles. The molecule has 0 spiro atoms. The Bertz CT molecular complexity index is 578. The molecular weight excluding hydrogens is 316 g/mol. The monoisotopic (exact) mass is 343 g/mol. The molecule has 0 amide bonds. The highest BCUT2D eigenvalue weighted by molar-refractivity contribution is 7.80. The van der Waals surface area contributed by atoms with Crippen LogP contribution < -0.4 is 10.2 Å². The van der Waals surface area contributed by atoms with Gasteiger partial charge in [0.1, 0.15) is 6.54 Å². The van der Waals surface area contributed by atoms with Crippen molar-refractivity contribution in [1.29, 1.82) is 5.26 Å². The molecule has 2 fully saturated rings. The van der Waals surface area contributed by atoms with Crippen LogP contribution in [0.4, 0.5) is 0 Å². The van der Waals surface area contributed by atoms with Crippen LogP contribution in [0.2, 0.25) is 0 Å². The van der Waals surface area contributed by atoms with Crippen molar-refractivity contribution in [2.75, 3.05) is 26.2 Å². The van der Waals surface area contributed by atoms with Crippen LogP contribution >= 0.6 is 12.2 Å². The smallest absolute Gasteiger partial charge is 0.169 e. The second-order valence-electron chi connectivity index (χ2n) is 7.01. The van der Waals surface area contributed by atoms with Gasteiger partial charge in [0.25, 0.3) is 0 Å². The van der Waals surface area contributed by atoms with Gasteiger partial charge in [0.05, 0.1) is 37.8 Å². The van der Waals surface area contributed by atoms with Gasteiger partial charge >= 0.3 is 0 Å². The van der Waals surface area contributed by atoms with Crippen LogP contribution in [0.1, 0.15) is 43.2 Å². The maximum absolute atomic E-state index is 8.87. The SMILES string of the molecule is N#Cc1ccc(C[NH+]2CCN(C(=S)NC3CCCCC3)CC2)cc1. The third kappa shape index (κ3) is 4.68. The molecule has 0 radical (unpaired) electrons. The summed E-state index contributed by atoms with van der Waals surface area (Å²) in [5, 5.41) is 13.4. The summed E-state index contributed by atoms with van der Waals surface area (Å²) in [6.07, 6.45) is 6.59. The fourth-order valence-electron chi connectivity index (χ4n) is 3.70. The van der Waals surface area contributed by atoms with Gasteiger partial charge in [0.15, 0.2) is 5.11 Å². The zero-order chi connectivity index (χ0) is 16.8. The highest BCUT2D eigenvalue weighted by atomic mass is 32.1. The van der Waals surface area contributed by atoms with Crippen molar-refractivity contribution < 1.29 is 4.90 Å². The van der Waals surface area contributed by atoms with Crippen LogP contribution in [0.25, 0.3) is 0 Å². The summed E-state index contributed by atoms with van der Waals surface area (Å²) in [6, 6.07) is 10.7. The van der Waals surface area contributed by atoms with E-state index in [2.05, 4.69) is 28.4 Å². The predicted molar refractivity (Wildman–Crippen MR) is 99.7 cm³/mol. The lowest BCUT2D eigenvalue weighted by Gasteiger charge is -2.35. The molecule has 1 aliphatic heterocycles. The van der Waals surface area contributed by atoms with Crippen LogP contribution in [0.15, 0.2) is 24.3 Å². The summed E-state index contributed by atoms with van der Waals surface area (Å²) >= 11 is 5.63. The molecule has 1 aromatic rings. The van der Waals surface area contributed by atoms with Crippen molar-refractivity contribution >= 4 is 17.3 Å². The highest BCUT2D eigenvalue weighted by Gasteiger charge is 2.23. The first kappa shape index (κ1) is 17.2. The summed E-state index contributed by atoms with van der Waals surface area (Å²) < 4.78 is 0. The lowest BCUT2D eigenvalue weighted by molar-refractivity contribution is -0.917. The van der Waals surface area contributed by atoms with Gasteiger partial charge in [-0.3, -0.25) is 0 Å². The highest BCUT2D eigenvalue weighted by Crippen LogP contribution is 2.17. The second-order valence-corrected chi connectivity index (χ2v) is 7.39. The van der Waals surface area contributed by atoms with E-state index in [0.717, 1.165) is 43.4 Å². The quantitative estimate of drug-likeness (QED) is 0.816.